The van der Waals surface area contributed by atoms with Gasteiger partial charge in [0.25, 0.3) is 0 Å². The molecule has 1 fully saturated rings. The van der Waals surface area contributed by atoms with E-state index in [4.69, 9.17) is 4.52 Å². The van der Waals surface area contributed by atoms with Crippen LogP contribution in [0.5, 0.6) is 0 Å². The van der Waals surface area contributed by atoms with Crippen LogP contribution in [0.4, 0.5) is 0 Å². The maximum atomic E-state index is 12.0. The number of hydrogen-bond acceptors (Lipinski definition) is 5. The number of aromatic nitrogens is 2. The normalized spacial score (nSPS) is 15.5. The first-order valence-electron chi connectivity index (χ1n) is 6.96. The lowest BCUT2D eigenvalue weighted by molar-refractivity contribution is -0.132. The predicted molar refractivity (Wildman–Crippen MR) is 76.4 cm³/mol. The average Bonchev–Trinajstić information content (AvgIpc) is 3.16. The molecule has 0 unspecified atom stereocenters. The molecule has 106 valence electrons. The number of piperidine rings is 1. The average molecular weight is 291 g/mol. The Kier molecular flexibility index (Phi) is 4.11. The number of nitrogens with zero attached hydrogens (tertiary/aromatic N) is 3. The van der Waals surface area contributed by atoms with Crippen LogP contribution in [-0.2, 0) is 11.2 Å². The van der Waals surface area contributed by atoms with Crippen LogP contribution >= 0.6 is 11.3 Å². The molecule has 3 heterocycles. The van der Waals surface area contributed by atoms with E-state index in [9.17, 15) is 4.79 Å². The Labute approximate surface area is 121 Å². The summed E-state index contributed by atoms with van der Waals surface area (Å²) in [6.07, 6.45) is 4.44. The standard InChI is InChI=1S/C14H17N3O2S/c18-13(17-7-2-1-3-8-17)5-4-12-15-14(16-19-12)11-6-9-20-10-11/h6,9-10H,1-5,7-8H2. The second-order valence-electron chi connectivity index (χ2n) is 4.97. The van der Waals surface area contributed by atoms with Crippen LogP contribution in [0.15, 0.2) is 21.3 Å². The summed E-state index contributed by atoms with van der Waals surface area (Å²) in [4.78, 5) is 18.3. The summed E-state index contributed by atoms with van der Waals surface area (Å²) >= 11 is 1.60. The van der Waals surface area contributed by atoms with Gasteiger partial charge >= 0.3 is 0 Å². The third-order valence-electron chi connectivity index (χ3n) is 3.51. The van der Waals surface area contributed by atoms with Crippen LogP contribution in [0.25, 0.3) is 11.4 Å². The molecule has 2 aromatic heterocycles. The molecule has 0 aromatic carbocycles. The summed E-state index contributed by atoms with van der Waals surface area (Å²) in [6.45, 7) is 1.78. The molecule has 0 aliphatic carbocycles. The lowest BCUT2D eigenvalue weighted by atomic mass is 10.1. The highest BCUT2D eigenvalue weighted by Gasteiger charge is 2.17. The highest BCUT2D eigenvalue weighted by Crippen LogP contribution is 2.19. The zero-order chi connectivity index (χ0) is 13.8. The number of rotatable bonds is 4. The van der Waals surface area contributed by atoms with Gasteiger partial charge in [0, 0.05) is 36.9 Å². The van der Waals surface area contributed by atoms with Gasteiger partial charge < -0.3 is 9.42 Å². The minimum atomic E-state index is 0.194. The van der Waals surface area contributed by atoms with Crippen molar-refractivity contribution >= 4 is 17.2 Å². The summed E-state index contributed by atoms with van der Waals surface area (Å²) in [5.41, 5.74) is 0.965. The Hall–Kier alpha value is -1.69. The Balaban J connectivity index is 1.54. The topological polar surface area (TPSA) is 59.2 Å². The molecule has 1 aliphatic rings. The van der Waals surface area contributed by atoms with Crippen molar-refractivity contribution in [2.45, 2.75) is 32.1 Å². The maximum Gasteiger partial charge on any atom is 0.227 e. The molecule has 1 amide bonds. The highest BCUT2D eigenvalue weighted by atomic mass is 32.1. The molecule has 3 rings (SSSR count). The lowest BCUT2D eigenvalue weighted by Crippen LogP contribution is -2.35. The largest absolute Gasteiger partial charge is 0.343 e. The summed E-state index contributed by atoms with van der Waals surface area (Å²) in [5.74, 6) is 1.34. The van der Waals surface area contributed by atoms with Crippen molar-refractivity contribution in [3.8, 4) is 11.4 Å². The molecule has 0 atom stereocenters. The van der Waals surface area contributed by atoms with E-state index in [0.717, 1.165) is 31.5 Å². The van der Waals surface area contributed by atoms with Crippen LogP contribution in [0.3, 0.4) is 0 Å². The van der Waals surface area contributed by atoms with Crippen molar-refractivity contribution in [2.24, 2.45) is 0 Å². The number of amides is 1. The third-order valence-corrected chi connectivity index (χ3v) is 4.19. The van der Waals surface area contributed by atoms with Crippen molar-refractivity contribution in [2.75, 3.05) is 13.1 Å². The maximum absolute atomic E-state index is 12.0. The molecular formula is C14H17N3O2S. The van der Waals surface area contributed by atoms with Crippen molar-refractivity contribution in [1.82, 2.24) is 15.0 Å². The van der Waals surface area contributed by atoms with Gasteiger partial charge in [-0.2, -0.15) is 16.3 Å². The minimum Gasteiger partial charge on any atom is -0.343 e. The van der Waals surface area contributed by atoms with E-state index in [1.165, 1.54) is 6.42 Å². The first-order valence-corrected chi connectivity index (χ1v) is 7.90. The second kappa shape index (κ2) is 6.17. The fourth-order valence-corrected chi connectivity index (χ4v) is 3.01. The van der Waals surface area contributed by atoms with Crippen LogP contribution in [0.2, 0.25) is 0 Å². The van der Waals surface area contributed by atoms with Gasteiger partial charge in [-0.25, -0.2) is 0 Å². The molecule has 1 saturated heterocycles. The quantitative estimate of drug-likeness (QED) is 0.869. The van der Waals surface area contributed by atoms with Crippen LogP contribution < -0.4 is 0 Å². The summed E-state index contributed by atoms with van der Waals surface area (Å²) < 4.78 is 5.20. The Morgan fingerprint density at radius 2 is 2.20 bits per heavy atom. The van der Waals surface area contributed by atoms with Gasteiger partial charge in [-0.1, -0.05) is 5.16 Å². The van der Waals surface area contributed by atoms with Crippen LogP contribution in [0.1, 0.15) is 31.6 Å². The molecule has 0 N–H and O–H groups in total. The highest BCUT2D eigenvalue weighted by molar-refractivity contribution is 7.08. The number of hydrogen-bond donors (Lipinski definition) is 0. The van der Waals surface area contributed by atoms with E-state index in [0.29, 0.717) is 24.6 Å². The van der Waals surface area contributed by atoms with Crippen molar-refractivity contribution in [3.63, 3.8) is 0 Å². The number of thiophene rings is 1. The van der Waals surface area contributed by atoms with Crippen molar-refractivity contribution < 1.29 is 9.32 Å². The Morgan fingerprint density at radius 3 is 2.95 bits per heavy atom. The van der Waals surface area contributed by atoms with Crippen molar-refractivity contribution in [3.05, 3.63) is 22.7 Å². The van der Waals surface area contributed by atoms with Crippen molar-refractivity contribution in [1.29, 1.82) is 0 Å². The molecule has 0 saturated carbocycles. The Morgan fingerprint density at radius 1 is 1.35 bits per heavy atom. The monoisotopic (exact) mass is 291 g/mol. The zero-order valence-electron chi connectivity index (χ0n) is 11.2. The van der Waals surface area contributed by atoms with Gasteiger partial charge in [0.05, 0.1) is 0 Å². The first kappa shape index (κ1) is 13.3. The minimum absolute atomic E-state index is 0.194. The summed E-state index contributed by atoms with van der Waals surface area (Å²) in [5, 5.41) is 7.90. The fourth-order valence-electron chi connectivity index (χ4n) is 2.38. The summed E-state index contributed by atoms with van der Waals surface area (Å²) in [6, 6.07) is 1.96. The Bertz CT molecular complexity index is 559. The van der Waals surface area contributed by atoms with Crippen LogP contribution in [0, 0.1) is 0 Å². The van der Waals surface area contributed by atoms with Gasteiger partial charge in [-0.3, -0.25) is 4.79 Å². The molecule has 5 nitrogen and oxygen atoms in total. The zero-order valence-corrected chi connectivity index (χ0v) is 12.1. The molecule has 1 aliphatic heterocycles. The third kappa shape index (κ3) is 3.07. The van der Waals surface area contributed by atoms with E-state index < -0.39 is 0 Å². The van der Waals surface area contributed by atoms with Crippen LogP contribution in [-0.4, -0.2) is 34.0 Å². The van der Waals surface area contributed by atoms with Gasteiger partial charge in [-0.15, -0.1) is 0 Å². The van der Waals surface area contributed by atoms with E-state index in [1.807, 2.05) is 21.7 Å². The fraction of sp³-hybridized carbons (Fsp3) is 0.500. The smallest absolute Gasteiger partial charge is 0.227 e. The molecule has 0 bridgehead atoms. The number of likely N-dealkylation sites (tertiary alicyclic amines) is 1. The van der Waals surface area contributed by atoms with Gasteiger partial charge in [-0.05, 0) is 30.7 Å². The van der Waals surface area contributed by atoms with E-state index in [-0.39, 0.29) is 5.91 Å². The predicted octanol–water partition coefficient (Wildman–Crippen LogP) is 2.74. The molecule has 0 spiro atoms. The van der Waals surface area contributed by atoms with Gasteiger partial charge in [0.15, 0.2) is 0 Å². The molecule has 20 heavy (non-hydrogen) atoms. The van der Waals surface area contributed by atoms with E-state index >= 15 is 0 Å². The number of carbonyl (C=O) groups excluding carboxylic acids is 1. The van der Waals surface area contributed by atoms with E-state index in [1.54, 1.807) is 11.3 Å². The second-order valence-corrected chi connectivity index (χ2v) is 5.75. The van der Waals surface area contributed by atoms with Gasteiger partial charge in [0.2, 0.25) is 17.6 Å². The van der Waals surface area contributed by atoms with Gasteiger partial charge in [0.1, 0.15) is 0 Å². The molecular weight excluding hydrogens is 274 g/mol. The summed E-state index contributed by atoms with van der Waals surface area (Å²) in [7, 11) is 0. The number of aryl methyl sites for hydroxylation is 1. The SMILES string of the molecule is O=C(CCc1nc(-c2ccsc2)no1)N1CCCCC1. The number of carbonyl (C=O) groups is 1. The first-order chi connectivity index (χ1) is 9.83. The molecule has 0 radical (unpaired) electrons. The molecule has 6 heteroatoms. The molecule has 2 aromatic rings. The van der Waals surface area contributed by atoms with E-state index in [2.05, 4.69) is 10.1 Å². The lowest BCUT2D eigenvalue weighted by Gasteiger charge is -2.26.